The van der Waals surface area contributed by atoms with Gasteiger partial charge in [0.2, 0.25) is 5.95 Å². The Morgan fingerprint density at radius 2 is 2.57 bits per heavy atom. The van der Waals surface area contributed by atoms with E-state index in [2.05, 4.69) is 34.6 Å². The van der Waals surface area contributed by atoms with E-state index >= 15 is 0 Å². The van der Waals surface area contributed by atoms with E-state index < -0.39 is 0 Å². The third kappa shape index (κ3) is 2.80. The van der Waals surface area contributed by atoms with Crippen LogP contribution in [0.4, 0.5) is 5.95 Å². The first-order valence-corrected chi connectivity index (χ1v) is 6.05. The van der Waals surface area contributed by atoms with Crippen LogP contribution in [-0.2, 0) is 0 Å². The summed E-state index contributed by atoms with van der Waals surface area (Å²) in [6, 6.07) is 0.472. The Morgan fingerprint density at radius 1 is 1.79 bits per heavy atom. The first-order chi connectivity index (χ1) is 6.79. The van der Waals surface area contributed by atoms with Crippen LogP contribution in [0.15, 0.2) is 25.0 Å². The number of thioether (sulfide) groups is 1. The van der Waals surface area contributed by atoms with E-state index in [0.717, 1.165) is 18.2 Å². The zero-order chi connectivity index (χ0) is 10.4. The number of rotatable bonds is 6. The zero-order valence-corrected chi connectivity index (χ0v) is 9.55. The fourth-order valence-corrected chi connectivity index (χ4v) is 1.93. The molecule has 0 spiro atoms. The molecule has 0 radical (unpaired) electrons. The Bertz CT molecular complexity index is 283. The molecule has 1 aromatic heterocycles. The molecule has 0 amide bonds. The van der Waals surface area contributed by atoms with E-state index in [4.69, 9.17) is 0 Å². The van der Waals surface area contributed by atoms with Crippen molar-refractivity contribution in [2.24, 2.45) is 0 Å². The number of anilines is 1. The lowest BCUT2D eigenvalue weighted by molar-refractivity contribution is 0.615. The molecule has 0 aliphatic rings. The summed E-state index contributed by atoms with van der Waals surface area (Å²) < 4.78 is 2.15. The number of hydrogen-bond acceptors (Lipinski definition) is 3. The lowest BCUT2D eigenvalue weighted by Crippen LogP contribution is -2.12. The number of hydrogen-bond donors (Lipinski definition) is 1. The van der Waals surface area contributed by atoms with Crippen LogP contribution in [0, 0.1) is 0 Å². The summed E-state index contributed by atoms with van der Waals surface area (Å²) in [5, 5.41) is 3.21. The third-order valence-corrected chi connectivity index (χ3v) is 2.77. The Hall–Kier alpha value is -0.900. The Kier molecular flexibility index (Phi) is 4.59. The maximum atomic E-state index is 4.25. The predicted octanol–water partition coefficient (Wildman–Crippen LogP) is 2.41. The van der Waals surface area contributed by atoms with Gasteiger partial charge in [0.1, 0.15) is 0 Å². The highest BCUT2D eigenvalue weighted by atomic mass is 32.2. The molecular weight excluding hydrogens is 194 g/mol. The van der Waals surface area contributed by atoms with Crippen molar-refractivity contribution in [2.75, 3.05) is 23.9 Å². The molecule has 1 aromatic rings. The quantitative estimate of drug-likeness (QED) is 0.733. The maximum Gasteiger partial charge on any atom is 0.203 e. The van der Waals surface area contributed by atoms with Crippen LogP contribution in [0.2, 0.25) is 0 Å². The number of aromatic nitrogens is 2. The molecule has 1 unspecified atom stereocenters. The highest BCUT2D eigenvalue weighted by Gasteiger charge is 2.07. The van der Waals surface area contributed by atoms with Crippen LogP contribution in [-0.4, -0.2) is 28.1 Å². The molecule has 0 bridgehead atoms. The minimum Gasteiger partial charge on any atom is -0.352 e. The smallest absolute Gasteiger partial charge is 0.203 e. The fourth-order valence-electron chi connectivity index (χ4n) is 1.29. The lowest BCUT2D eigenvalue weighted by atomic mass is 10.4. The van der Waals surface area contributed by atoms with Crippen molar-refractivity contribution in [3.63, 3.8) is 0 Å². The minimum atomic E-state index is 0.472. The van der Waals surface area contributed by atoms with Crippen LogP contribution in [0.3, 0.4) is 0 Å². The van der Waals surface area contributed by atoms with Gasteiger partial charge in [-0.25, -0.2) is 4.98 Å². The van der Waals surface area contributed by atoms with E-state index in [0.29, 0.717) is 6.04 Å². The summed E-state index contributed by atoms with van der Waals surface area (Å²) in [5.41, 5.74) is 0. The molecule has 4 heteroatoms. The van der Waals surface area contributed by atoms with Crippen LogP contribution < -0.4 is 5.32 Å². The first-order valence-electron chi connectivity index (χ1n) is 4.66. The van der Waals surface area contributed by atoms with E-state index in [1.165, 1.54) is 0 Å². The average molecular weight is 211 g/mol. The molecular formula is C10H17N3S. The van der Waals surface area contributed by atoms with E-state index in [9.17, 15) is 0 Å². The molecule has 1 atom stereocenters. The van der Waals surface area contributed by atoms with Gasteiger partial charge in [-0.2, -0.15) is 11.8 Å². The largest absolute Gasteiger partial charge is 0.352 e. The van der Waals surface area contributed by atoms with Crippen molar-refractivity contribution < 1.29 is 0 Å². The molecule has 1 heterocycles. The standard InChI is InChI=1S/C10H17N3S/c1-4-5-11-10-12-6-7-13(10)9(2)8-14-3/h4,6-7,9H,1,5,8H2,2-3H3,(H,11,12). The fraction of sp³-hybridized carbons (Fsp3) is 0.500. The number of imidazole rings is 1. The van der Waals surface area contributed by atoms with Crippen molar-refractivity contribution in [1.82, 2.24) is 9.55 Å². The molecule has 0 aliphatic carbocycles. The molecule has 0 aliphatic heterocycles. The van der Waals surface area contributed by atoms with Crippen molar-refractivity contribution in [1.29, 1.82) is 0 Å². The van der Waals surface area contributed by atoms with Crippen molar-refractivity contribution in [2.45, 2.75) is 13.0 Å². The maximum absolute atomic E-state index is 4.25. The molecule has 78 valence electrons. The number of nitrogens with zero attached hydrogens (tertiary/aromatic N) is 2. The van der Waals surface area contributed by atoms with Gasteiger partial charge >= 0.3 is 0 Å². The monoisotopic (exact) mass is 211 g/mol. The van der Waals surface area contributed by atoms with Gasteiger partial charge in [0, 0.05) is 30.7 Å². The van der Waals surface area contributed by atoms with Gasteiger partial charge < -0.3 is 9.88 Å². The number of nitrogens with one attached hydrogen (secondary N) is 1. The van der Waals surface area contributed by atoms with Gasteiger partial charge in [-0.05, 0) is 13.2 Å². The van der Waals surface area contributed by atoms with Gasteiger partial charge in [0.15, 0.2) is 0 Å². The second-order valence-corrected chi connectivity index (χ2v) is 4.04. The summed E-state index contributed by atoms with van der Waals surface area (Å²) >= 11 is 1.84. The normalized spacial score (nSPS) is 12.4. The predicted molar refractivity (Wildman–Crippen MR) is 64.0 cm³/mol. The van der Waals surface area contributed by atoms with E-state index in [1.807, 2.05) is 30.2 Å². The molecule has 3 nitrogen and oxygen atoms in total. The topological polar surface area (TPSA) is 29.9 Å². The third-order valence-electron chi connectivity index (χ3n) is 1.96. The van der Waals surface area contributed by atoms with Crippen LogP contribution in [0.1, 0.15) is 13.0 Å². The lowest BCUT2D eigenvalue weighted by Gasteiger charge is -2.15. The summed E-state index contributed by atoms with van der Waals surface area (Å²) in [6.07, 6.45) is 7.77. The van der Waals surface area contributed by atoms with Crippen molar-refractivity contribution >= 4 is 17.7 Å². The summed E-state index contributed by atoms with van der Waals surface area (Å²) in [6.45, 7) is 6.61. The van der Waals surface area contributed by atoms with Crippen LogP contribution in [0.5, 0.6) is 0 Å². The van der Waals surface area contributed by atoms with Gasteiger partial charge in [0.25, 0.3) is 0 Å². The van der Waals surface area contributed by atoms with E-state index in [-0.39, 0.29) is 0 Å². The Morgan fingerprint density at radius 3 is 3.21 bits per heavy atom. The summed E-state index contributed by atoms with van der Waals surface area (Å²) in [4.78, 5) is 4.25. The highest BCUT2D eigenvalue weighted by Crippen LogP contribution is 2.16. The second kappa shape index (κ2) is 5.75. The summed E-state index contributed by atoms with van der Waals surface area (Å²) in [7, 11) is 0. The van der Waals surface area contributed by atoms with E-state index in [1.54, 1.807) is 0 Å². The van der Waals surface area contributed by atoms with Crippen LogP contribution >= 0.6 is 11.8 Å². The molecule has 0 fully saturated rings. The summed E-state index contributed by atoms with van der Waals surface area (Å²) in [5.74, 6) is 2.02. The molecule has 14 heavy (non-hydrogen) atoms. The molecule has 0 saturated heterocycles. The van der Waals surface area contributed by atoms with Crippen molar-refractivity contribution in [3.05, 3.63) is 25.0 Å². The molecule has 0 saturated carbocycles. The second-order valence-electron chi connectivity index (χ2n) is 3.13. The minimum absolute atomic E-state index is 0.472. The van der Waals surface area contributed by atoms with Crippen molar-refractivity contribution in [3.8, 4) is 0 Å². The first kappa shape index (κ1) is 11.2. The van der Waals surface area contributed by atoms with Gasteiger partial charge in [-0.1, -0.05) is 6.08 Å². The molecule has 1 N–H and O–H groups in total. The zero-order valence-electron chi connectivity index (χ0n) is 8.73. The molecule has 0 aromatic carbocycles. The Balaban J connectivity index is 2.65. The van der Waals surface area contributed by atoms with Gasteiger partial charge in [-0.3, -0.25) is 0 Å². The van der Waals surface area contributed by atoms with Gasteiger partial charge in [0.05, 0.1) is 0 Å². The van der Waals surface area contributed by atoms with Crippen LogP contribution in [0.25, 0.3) is 0 Å². The SMILES string of the molecule is C=CCNc1nccn1C(C)CSC. The highest BCUT2D eigenvalue weighted by molar-refractivity contribution is 7.98. The molecule has 1 rings (SSSR count). The Labute approximate surface area is 89.6 Å². The van der Waals surface area contributed by atoms with Gasteiger partial charge in [-0.15, -0.1) is 6.58 Å². The average Bonchev–Trinajstić information content (AvgIpc) is 2.63.